The van der Waals surface area contributed by atoms with Gasteiger partial charge in [-0.25, -0.2) is 14.4 Å². The van der Waals surface area contributed by atoms with Gasteiger partial charge >= 0.3 is 18.0 Å². The quantitative estimate of drug-likeness (QED) is 0.451. The SMILES string of the molecule is COC(=O)C(O)(CCC1CCN(C(=O)OC(C)(C)C)CC1)C(=O)OC. The summed E-state index contributed by atoms with van der Waals surface area (Å²) >= 11 is 0. The largest absolute Gasteiger partial charge is 0.466 e. The molecule has 8 nitrogen and oxygen atoms in total. The molecule has 8 heteroatoms. The normalized spacial score (nSPS) is 16.3. The molecule has 0 aromatic heterocycles. The number of ether oxygens (including phenoxy) is 3. The van der Waals surface area contributed by atoms with Gasteiger partial charge in [-0.3, -0.25) is 0 Å². The Balaban J connectivity index is 2.54. The highest BCUT2D eigenvalue weighted by atomic mass is 16.6. The molecule has 0 bridgehead atoms. The zero-order valence-corrected chi connectivity index (χ0v) is 15.7. The Kier molecular flexibility index (Phi) is 7.22. The van der Waals surface area contributed by atoms with E-state index >= 15 is 0 Å². The Bertz CT molecular complexity index is 474. The van der Waals surface area contributed by atoms with Crippen LogP contribution in [0.4, 0.5) is 4.79 Å². The van der Waals surface area contributed by atoms with Crippen LogP contribution in [0.2, 0.25) is 0 Å². The Morgan fingerprint density at radius 3 is 1.92 bits per heavy atom. The third-order valence-electron chi connectivity index (χ3n) is 4.23. The van der Waals surface area contributed by atoms with Crippen molar-refractivity contribution in [3.63, 3.8) is 0 Å². The lowest BCUT2D eigenvalue weighted by Gasteiger charge is -2.34. The van der Waals surface area contributed by atoms with Crippen molar-refractivity contribution in [3.8, 4) is 0 Å². The highest BCUT2D eigenvalue weighted by Crippen LogP contribution is 2.27. The van der Waals surface area contributed by atoms with Crippen LogP contribution in [-0.2, 0) is 23.8 Å². The van der Waals surface area contributed by atoms with Crippen LogP contribution in [0.5, 0.6) is 0 Å². The maximum atomic E-state index is 12.0. The minimum Gasteiger partial charge on any atom is -0.466 e. The molecule has 0 atom stereocenters. The van der Waals surface area contributed by atoms with Gasteiger partial charge in [0.2, 0.25) is 0 Å². The predicted octanol–water partition coefficient (Wildman–Crippen LogP) is 1.49. The summed E-state index contributed by atoms with van der Waals surface area (Å²) in [6.07, 6.45) is 1.44. The lowest BCUT2D eigenvalue weighted by atomic mass is 9.87. The second-order valence-electron chi connectivity index (χ2n) is 7.29. The van der Waals surface area contributed by atoms with E-state index in [1.807, 2.05) is 20.8 Å². The van der Waals surface area contributed by atoms with Crippen LogP contribution in [0.1, 0.15) is 46.5 Å². The van der Waals surface area contributed by atoms with E-state index in [0.29, 0.717) is 32.4 Å². The van der Waals surface area contributed by atoms with E-state index < -0.39 is 23.1 Å². The van der Waals surface area contributed by atoms with E-state index in [-0.39, 0.29) is 18.4 Å². The summed E-state index contributed by atoms with van der Waals surface area (Å²) in [5, 5.41) is 10.3. The molecule has 1 N–H and O–H groups in total. The fraction of sp³-hybridized carbons (Fsp3) is 0.824. The van der Waals surface area contributed by atoms with E-state index in [9.17, 15) is 19.5 Å². The minimum atomic E-state index is -2.29. The summed E-state index contributed by atoms with van der Waals surface area (Å²) in [6.45, 7) is 6.53. The van der Waals surface area contributed by atoms with Crippen LogP contribution in [0, 0.1) is 5.92 Å². The third-order valence-corrected chi connectivity index (χ3v) is 4.23. The molecule has 1 fully saturated rings. The molecule has 0 radical (unpaired) electrons. The van der Waals surface area contributed by atoms with E-state index in [4.69, 9.17) is 4.74 Å². The fourth-order valence-electron chi connectivity index (χ4n) is 2.77. The van der Waals surface area contributed by atoms with E-state index in [1.165, 1.54) is 0 Å². The molecule has 1 heterocycles. The highest BCUT2D eigenvalue weighted by molar-refractivity contribution is 6.03. The zero-order valence-electron chi connectivity index (χ0n) is 15.7. The van der Waals surface area contributed by atoms with Crippen molar-refractivity contribution in [3.05, 3.63) is 0 Å². The molecule has 0 aromatic carbocycles. The molecule has 1 aliphatic heterocycles. The Morgan fingerprint density at radius 1 is 1.04 bits per heavy atom. The van der Waals surface area contributed by atoms with Crippen molar-refractivity contribution in [2.24, 2.45) is 5.92 Å². The molecule has 0 spiro atoms. The first-order valence-electron chi connectivity index (χ1n) is 8.40. The lowest BCUT2D eigenvalue weighted by molar-refractivity contribution is -0.181. The van der Waals surface area contributed by atoms with Crippen molar-refractivity contribution >= 4 is 18.0 Å². The van der Waals surface area contributed by atoms with Crippen LogP contribution in [0.25, 0.3) is 0 Å². The van der Waals surface area contributed by atoms with Gasteiger partial charge in [0.15, 0.2) is 0 Å². The van der Waals surface area contributed by atoms with Crippen molar-refractivity contribution < 1.29 is 33.7 Å². The maximum absolute atomic E-state index is 12.0. The number of methoxy groups -OCH3 is 2. The molecule has 0 unspecified atom stereocenters. The number of hydrogen-bond donors (Lipinski definition) is 1. The number of likely N-dealkylation sites (tertiary alicyclic amines) is 1. The first-order chi connectivity index (χ1) is 11.5. The second kappa shape index (κ2) is 8.51. The number of esters is 2. The van der Waals surface area contributed by atoms with Gasteiger partial charge in [0.1, 0.15) is 5.60 Å². The third kappa shape index (κ3) is 5.88. The van der Waals surface area contributed by atoms with Gasteiger partial charge in [0, 0.05) is 13.1 Å². The molecule has 1 rings (SSSR count). The van der Waals surface area contributed by atoms with Crippen LogP contribution < -0.4 is 0 Å². The van der Waals surface area contributed by atoms with Crippen LogP contribution in [0.15, 0.2) is 0 Å². The fourth-order valence-corrected chi connectivity index (χ4v) is 2.77. The summed E-state index contributed by atoms with van der Waals surface area (Å²) in [4.78, 5) is 37.2. The number of piperidine rings is 1. The number of carbonyl (C=O) groups is 3. The van der Waals surface area contributed by atoms with Crippen LogP contribution in [0.3, 0.4) is 0 Å². The molecule has 25 heavy (non-hydrogen) atoms. The van der Waals surface area contributed by atoms with Crippen molar-refractivity contribution in [1.29, 1.82) is 0 Å². The van der Waals surface area contributed by atoms with Gasteiger partial charge < -0.3 is 24.2 Å². The van der Waals surface area contributed by atoms with Gasteiger partial charge in [-0.2, -0.15) is 0 Å². The van der Waals surface area contributed by atoms with Gasteiger partial charge in [-0.15, -0.1) is 0 Å². The average molecular weight is 359 g/mol. The van der Waals surface area contributed by atoms with E-state index in [2.05, 4.69) is 9.47 Å². The summed E-state index contributed by atoms with van der Waals surface area (Å²) in [7, 11) is 2.21. The average Bonchev–Trinajstić information content (AvgIpc) is 2.56. The monoisotopic (exact) mass is 359 g/mol. The Hall–Kier alpha value is -1.83. The lowest BCUT2D eigenvalue weighted by Crippen LogP contribution is -2.49. The number of carbonyl (C=O) groups excluding carboxylic acids is 3. The van der Waals surface area contributed by atoms with Crippen LogP contribution >= 0.6 is 0 Å². The number of aliphatic hydroxyl groups is 1. The predicted molar refractivity (Wildman–Crippen MR) is 88.7 cm³/mol. The van der Waals surface area contributed by atoms with Gasteiger partial charge in [0.25, 0.3) is 5.60 Å². The minimum absolute atomic E-state index is 0.0799. The van der Waals surface area contributed by atoms with Crippen molar-refractivity contribution in [2.75, 3.05) is 27.3 Å². The molecule has 1 amide bonds. The molecule has 0 aromatic rings. The first kappa shape index (κ1) is 21.2. The standard InChI is InChI=1S/C17H29NO7/c1-16(2,3)25-15(21)18-10-7-12(8-11-18)6-9-17(22,13(19)23-4)14(20)24-5/h12,22H,6-11H2,1-5H3. The second-order valence-corrected chi connectivity index (χ2v) is 7.29. The highest BCUT2D eigenvalue weighted by Gasteiger charge is 2.46. The van der Waals surface area contributed by atoms with Crippen LogP contribution in [-0.4, -0.2) is 66.5 Å². The summed E-state index contributed by atoms with van der Waals surface area (Å²) < 4.78 is 14.4. The van der Waals surface area contributed by atoms with Gasteiger partial charge in [-0.1, -0.05) is 0 Å². The zero-order chi connectivity index (χ0) is 19.3. The van der Waals surface area contributed by atoms with Crippen molar-refractivity contribution in [2.45, 2.75) is 57.7 Å². The summed E-state index contributed by atoms with van der Waals surface area (Å²) in [5.74, 6) is -1.87. The van der Waals surface area contributed by atoms with Gasteiger partial charge in [0.05, 0.1) is 14.2 Å². The summed E-state index contributed by atoms with van der Waals surface area (Å²) in [6, 6.07) is 0. The van der Waals surface area contributed by atoms with E-state index in [1.54, 1.807) is 4.90 Å². The number of amides is 1. The number of nitrogens with zero attached hydrogens (tertiary/aromatic N) is 1. The molecule has 1 aliphatic rings. The summed E-state index contributed by atoms with van der Waals surface area (Å²) in [5.41, 5.74) is -2.82. The number of hydrogen-bond acceptors (Lipinski definition) is 7. The van der Waals surface area contributed by atoms with Gasteiger partial charge in [-0.05, 0) is 52.4 Å². The van der Waals surface area contributed by atoms with E-state index in [0.717, 1.165) is 14.2 Å². The molecular formula is C17H29NO7. The smallest absolute Gasteiger partial charge is 0.410 e. The molecule has 144 valence electrons. The molecule has 0 aliphatic carbocycles. The Labute approximate surface area is 148 Å². The molecule has 1 saturated heterocycles. The number of rotatable bonds is 5. The molecular weight excluding hydrogens is 330 g/mol. The maximum Gasteiger partial charge on any atom is 0.410 e. The molecule has 0 saturated carbocycles. The van der Waals surface area contributed by atoms with Crippen molar-refractivity contribution in [1.82, 2.24) is 4.90 Å². The topological polar surface area (TPSA) is 102 Å². The first-order valence-corrected chi connectivity index (χ1v) is 8.40. The Morgan fingerprint density at radius 2 is 1.52 bits per heavy atom.